The molecule has 0 unspecified atom stereocenters. The molecule has 1 aromatic rings. The van der Waals surface area contributed by atoms with Gasteiger partial charge in [-0.1, -0.05) is 6.07 Å². The molecular weight excluding hydrogens is 242 g/mol. The summed E-state index contributed by atoms with van der Waals surface area (Å²) in [6.07, 6.45) is -0.459. The van der Waals surface area contributed by atoms with Crippen molar-refractivity contribution in [1.82, 2.24) is 4.90 Å². The number of rotatable bonds is 4. The number of aliphatic carboxylic acids is 1. The van der Waals surface area contributed by atoms with Crippen molar-refractivity contribution in [2.75, 3.05) is 7.05 Å². The molecule has 19 heavy (non-hydrogen) atoms. The van der Waals surface area contributed by atoms with Crippen LogP contribution in [0.2, 0.25) is 0 Å². The number of carbonyl (C=O) groups is 2. The van der Waals surface area contributed by atoms with Gasteiger partial charge in [0.25, 0.3) is 0 Å². The van der Waals surface area contributed by atoms with Crippen LogP contribution in [0.15, 0.2) is 6.07 Å². The van der Waals surface area contributed by atoms with Crippen LogP contribution in [0.3, 0.4) is 0 Å². The van der Waals surface area contributed by atoms with Crippen molar-refractivity contribution in [3.8, 4) is 0 Å². The van der Waals surface area contributed by atoms with E-state index in [4.69, 9.17) is 5.11 Å². The van der Waals surface area contributed by atoms with E-state index < -0.39 is 12.4 Å². The van der Waals surface area contributed by atoms with E-state index in [0.29, 0.717) is 6.54 Å². The summed E-state index contributed by atoms with van der Waals surface area (Å²) < 4.78 is 0. The van der Waals surface area contributed by atoms with Crippen LogP contribution in [0.4, 0.5) is 0 Å². The number of carboxylic acid groups (broad SMARTS) is 1. The van der Waals surface area contributed by atoms with Crippen LogP contribution >= 0.6 is 0 Å². The van der Waals surface area contributed by atoms with Crippen LogP contribution in [0.5, 0.6) is 0 Å². The molecular formula is C15H21NO3. The largest absolute Gasteiger partial charge is 0.481 e. The van der Waals surface area contributed by atoms with Gasteiger partial charge in [0, 0.05) is 13.6 Å². The van der Waals surface area contributed by atoms with Crippen LogP contribution in [-0.2, 0) is 16.1 Å². The number of carbonyl (C=O) groups excluding carboxylic acids is 1. The standard InChI is InChI=1S/C15H21NO3/c1-9-6-10(2)12(4)13(11(9)3)8-16(5)14(17)7-15(18)19/h6H,7-8H2,1-5H3,(H,18,19). The maximum absolute atomic E-state index is 11.7. The molecule has 1 amide bonds. The zero-order chi connectivity index (χ0) is 14.7. The summed E-state index contributed by atoms with van der Waals surface area (Å²) in [7, 11) is 1.64. The van der Waals surface area contributed by atoms with E-state index in [0.717, 1.165) is 16.7 Å². The first-order valence-electron chi connectivity index (χ1n) is 6.26. The van der Waals surface area contributed by atoms with E-state index in [9.17, 15) is 9.59 Å². The molecule has 0 bridgehead atoms. The summed E-state index contributed by atoms with van der Waals surface area (Å²) in [5, 5.41) is 8.65. The highest BCUT2D eigenvalue weighted by molar-refractivity contribution is 5.93. The fourth-order valence-electron chi connectivity index (χ4n) is 2.13. The van der Waals surface area contributed by atoms with Crippen LogP contribution in [0.1, 0.15) is 34.2 Å². The maximum atomic E-state index is 11.7. The number of amides is 1. The fraction of sp³-hybridized carbons (Fsp3) is 0.467. The van der Waals surface area contributed by atoms with E-state index in [-0.39, 0.29) is 5.91 Å². The highest BCUT2D eigenvalue weighted by atomic mass is 16.4. The second-order valence-corrected chi connectivity index (χ2v) is 5.06. The number of aryl methyl sites for hydroxylation is 2. The fourth-order valence-corrected chi connectivity index (χ4v) is 2.13. The first kappa shape index (κ1) is 15.2. The quantitative estimate of drug-likeness (QED) is 0.848. The minimum absolute atomic E-state index is 0.370. The number of hydrogen-bond donors (Lipinski definition) is 1. The van der Waals surface area contributed by atoms with E-state index in [2.05, 4.69) is 6.07 Å². The summed E-state index contributed by atoms with van der Waals surface area (Å²) in [4.78, 5) is 23.7. The minimum atomic E-state index is -1.09. The zero-order valence-electron chi connectivity index (χ0n) is 12.2. The monoisotopic (exact) mass is 263 g/mol. The molecule has 1 aromatic carbocycles. The molecule has 0 fully saturated rings. The Kier molecular flexibility index (Phi) is 4.70. The van der Waals surface area contributed by atoms with Crippen LogP contribution in [0.25, 0.3) is 0 Å². The Morgan fingerprint density at radius 3 is 2.00 bits per heavy atom. The third-order valence-electron chi connectivity index (χ3n) is 3.64. The van der Waals surface area contributed by atoms with Gasteiger partial charge in [-0.25, -0.2) is 0 Å². The molecule has 0 aliphatic rings. The van der Waals surface area contributed by atoms with E-state index >= 15 is 0 Å². The molecule has 0 spiro atoms. The molecule has 0 saturated heterocycles. The lowest BCUT2D eigenvalue weighted by Gasteiger charge is -2.21. The molecule has 4 nitrogen and oxygen atoms in total. The van der Waals surface area contributed by atoms with Crippen molar-refractivity contribution >= 4 is 11.9 Å². The van der Waals surface area contributed by atoms with Crippen LogP contribution in [0, 0.1) is 27.7 Å². The smallest absolute Gasteiger partial charge is 0.312 e. The molecule has 1 rings (SSSR count). The van der Waals surface area contributed by atoms with E-state index in [1.807, 2.05) is 27.7 Å². The lowest BCUT2D eigenvalue weighted by Crippen LogP contribution is -2.28. The van der Waals surface area contributed by atoms with Gasteiger partial charge in [0.15, 0.2) is 0 Å². The first-order chi connectivity index (χ1) is 8.73. The normalized spacial score (nSPS) is 10.4. The predicted molar refractivity (Wildman–Crippen MR) is 74.1 cm³/mol. The highest BCUT2D eigenvalue weighted by Crippen LogP contribution is 2.22. The van der Waals surface area contributed by atoms with E-state index in [1.54, 1.807) is 7.05 Å². The Labute approximate surface area is 114 Å². The molecule has 1 N–H and O–H groups in total. The first-order valence-corrected chi connectivity index (χ1v) is 6.26. The van der Waals surface area contributed by atoms with Crippen LogP contribution in [-0.4, -0.2) is 28.9 Å². The van der Waals surface area contributed by atoms with E-state index in [1.165, 1.54) is 16.0 Å². The van der Waals surface area contributed by atoms with Crippen molar-refractivity contribution in [1.29, 1.82) is 0 Å². The molecule has 0 aliphatic carbocycles. The van der Waals surface area contributed by atoms with Gasteiger partial charge < -0.3 is 10.0 Å². The highest BCUT2D eigenvalue weighted by Gasteiger charge is 2.16. The van der Waals surface area contributed by atoms with Gasteiger partial charge in [0.05, 0.1) is 0 Å². The predicted octanol–water partition coefficient (Wildman–Crippen LogP) is 2.35. The molecule has 0 atom stereocenters. The minimum Gasteiger partial charge on any atom is -0.481 e. The molecule has 0 heterocycles. The second kappa shape index (κ2) is 5.87. The number of nitrogens with zero attached hydrogens (tertiary/aromatic N) is 1. The van der Waals surface area contributed by atoms with Gasteiger partial charge in [0.2, 0.25) is 5.91 Å². The Bertz CT molecular complexity index is 494. The van der Waals surface area contributed by atoms with Gasteiger partial charge in [0.1, 0.15) is 6.42 Å². The Morgan fingerprint density at radius 2 is 1.58 bits per heavy atom. The lowest BCUT2D eigenvalue weighted by atomic mass is 9.94. The average Bonchev–Trinajstić information content (AvgIpc) is 2.31. The Hall–Kier alpha value is -1.84. The van der Waals surface area contributed by atoms with Gasteiger partial charge in [-0.15, -0.1) is 0 Å². The number of hydrogen-bond acceptors (Lipinski definition) is 2. The SMILES string of the molecule is Cc1cc(C)c(C)c(CN(C)C(=O)CC(=O)O)c1C. The average molecular weight is 263 g/mol. The van der Waals surface area contributed by atoms with Gasteiger partial charge in [-0.3, -0.25) is 9.59 Å². The van der Waals surface area contributed by atoms with Crippen molar-refractivity contribution < 1.29 is 14.7 Å². The van der Waals surface area contributed by atoms with Crippen molar-refractivity contribution in [3.05, 3.63) is 33.9 Å². The summed E-state index contributed by atoms with van der Waals surface area (Å²) in [6.45, 7) is 8.61. The summed E-state index contributed by atoms with van der Waals surface area (Å²) in [5.41, 5.74) is 5.82. The maximum Gasteiger partial charge on any atom is 0.312 e. The van der Waals surface area contributed by atoms with Crippen molar-refractivity contribution in [3.63, 3.8) is 0 Å². The molecule has 0 aromatic heterocycles. The molecule has 0 radical (unpaired) electrons. The van der Waals surface area contributed by atoms with Gasteiger partial charge in [-0.2, -0.15) is 0 Å². The third kappa shape index (κ3) is 3.56. The summed E-state index contributed by atoms with van der Waals surface area (Å²) >= 11 is 0. The molecule has 0 saturated carbocycles. The summed E-state index contributed by atoms with van der Waals surface area (Å²) in [6, 6.07) is 2.13. The Balaban J connectivity index is 3.00. The van der Waals surface area contributed by atoms with Gasteiger partial charge in [-0.05, 0) is 55.5 Å². The zero-order valence-corrected chi connectivity index (χ0v) is 12.2. The molecule has 4 heteroatoms. The third-order valence-corrected chi connectivity index (χ3v) is 3.64. The summed E-state index contributed by atoms with van der Waals surface area (Å²) in [5.74, 6) is -1.46. The molecule has 0 aliphatic heterocycles. The van der Waals surface area contributed by atoms with Crippen LogP contribution < -0.4 is 0 Å². The number of benzene rings is 1. The second-order valence-electron chi connectivity index (χ2n) is 5.06. The van der Waals surface area contributed by atoms with Crippen molar-refractivity contribution in [2.24, 2.45) is 0 Å². The number of carboxylic acids is 1. The van der Waals surface area contributed by atoms with Crippen molar-refractivity contribution in [2.45, 2.75) is 40.7 Å². The van der Waals surface area contributed by atoms with Gasteiger partial charge >= 0.3 is 5.97 Å². The molecule has 104 valence electrons. The topological polar surface area (TPSA) is 57.6 Å². The Morgan fingerprint density at radius 1 is 1.11 bits per heavy atom. The lowest BCUT2D eigenvalue weighted by molar-refractivity contribution is -0.143.